The van der Waals surface area contributed by atoms with Crippen molar-refractivity contribution in [2.24, 2.45) is 0 Å². The monoisotopic (exact) mass is 406 g/mol. The van der Waals surface area contributed by atoms with Crippen LogP contribution >= 0.6 is 0 Å². The molecule has 0 spiro atoms. The number of hydrogen-bond donors (Lipinski definition) is 2. The van der Waals surface area contributed by atoms with Crippen molar-refractivity contribution in [3.8, 4) is 22.9 Å². The molecular weight excluding hydrogens is 380 g/mol. The molecule has 156 valence electrons. The maximum Gasteiger partial charge on any atom is 0.138 e. The first-order chi connectivity index (χ1) is 14.7. The second-order valence-corrected chi connectivity index (χ2v) is 7.45. The summed E-state index contributed by atoms with van der Waals surface area (Å²) in [5, 5.41) is 27.2. The van der Waals surface area contributed by atoms with E-state index >= 15 is 0 Å². The third kappa shape index (κ3) is 4.22. The van der Waals surface area contributed by atoms with E-state index in [0.717, 1.165) is 55.1 Å². The van der Waals surface area contributed by atoms with Crippen molar-refractivity contribution in [3.05, 3.63) is 42.4 Å². The molecule has 3 aromatic rings. The van der Waals surface area contributed by atoms with Crippen LogP contribution in [0.25, 0.3) is 16.6 Å². The molecule has 1 fully saturated rings. The molecule has 0 aliphatic carbocycles. The standard InChI is InChI=1S/C22H26N6O2/c1-2-3-18(29)15-30-19-10-20(22-17(11-23)13-26-28(22)14-19)16-4-5-21(25-12-16)27-8-6-24-7-9-27/h4-5,10,12-14,18,24,29H,2-3,6-9,15H2,1H3/t18-/m1/s1. The number of hydrogen-bond acceptors (Lipinski definition) is 7. The predicted octanol–water partition coefficient (Wildman–Crippen LogP) is 2.22. The molecule has 1 atom stereocenters. The van der Waals surface area contributed by atoms with Gasteiger partial charge in [-0.25, -0.2) is 9.50 Å². The Kier molecular flexibility index (Phi) is 6.12. The fourth-order valence-corrected chi connectivity index (χ4v) is 3.71. The van der Waals surface area contributed by atoms with E-state index in [0.29, 0.717) is 17.7 Å². The van der Waals surface area contributed by atoms with Gasteiger partial charge < -0.3 is 20.1 Å². The number of piperazine rings is 1. The van der Waals surface area contributed by atoms with Gasteiger partial charge in [0.1, 0.15) is 24.2 Å². The highest BCUT2D eigenvalue weighted by atomic mass is 16.5. The fourth-order valence-electron chi connectivity index (χ4n) is 3.71. The van der Waals surface area contributed by atoms with Gasteiger partial charge in [0.05, 0.1) is 29.6 Å². The summed E-state index contributed by atoms with van der Waals surface area (Å²) in [6.07, 6.45) is 6.19. The Labute approximate surface area is 175 Å². The lowest BCUT2D eigenvalue weighted by Gasteiger charge is -2.28. The van der Waals surface area contributed by atoms with Crippen molar-refractivity contribution in [1.29, 1.82) is 5.26 Å². The van der Waals surface area contributed by atoms with Crippen LogP contribution in [0.4, 0.5) is 5.82 Å². The molecule has 0 radical (unpaired) electrons. The first-order valence-electron chi connectivity index (χ1n) is 10.3. The van der Waals surface area contributed by atoms with Crippen LogP contribution in [0.2, 0.25) is 0 Å². The van der Waals surface area contributed by atoms with E-state index in [1.54, 1.807) is 16.9 Å². The lowest BCUT2D eigenvalue weighted by Crippen LogP contribution is -2.43. The van der Waals surface area contributed by atoms with Gasteiger partial charge in [-0.05, 0) is 24.6 Å². The smallest absolute Gasteiger partial charge is 0.138 e. The third-order valence-electron chi connectivity index (χ3n) is 5.27. The molecule has 0 saturated carbocycles. The number of aliphatic hydroxyl groups excluding tert-OH is 1. The number of aliphatic hydroxyl groups is 1. The van der Waals surface area contributed by atoms with Gasteiger partial charge in [-0.2, -0.15) is 10.4 Å². The Morgan fingerprint density at radius 3 is 2.83 bits per heavy atom. The Hall–Kier alpha value is -3.15. The molecule has 30 heavy (non-hydrogen) atoms. The van der Waals surface area contributed by atoms with E-state index in [9.17, 15) is 10.4 Å². The normalized spacial score (nSPS) is 15.2. The summed E-state index contributed by atoms with van der Waals surface area (Å²) < 4.78 is 7.48. The number of nitrogens with one attached hydrogen (secondary N) is 1. The summed E-state index contributed by atoms with van der Waals surface area (Å²) in [4.78, 5) is 6.91. The Morgan fingerprint density at radius 1 is 1.30 bits per heavy atom. The van der Waals surface area contributed by atoms with Crippen LogP contribution in [0.15, 0.2) is 36.8 Å². The van der Waals surface area contributed by atoms with Crippen LogP contribution in [-0.2, 0) is 0 Å². The van der Waals surface area contributed by atoms with Gasteiger partial charge in [0.25, 0.3) is 0 Å². The molecule has 4 heterocycles. The topological polar surface area (TPSA) is 98.7 Å². The van der Waals surface area contributed by atoms with E-state index in [1.165, 1.54) is 0 Å². The van der Waals surface area contributed by atoms with E-state index in [-0.39, 0.29) is 6.61 Å². The van der Waals surface area contributed by atoms with Gasteiger partial charge in [-0.1, -0.05) is 13.3 Å². The molecule has 0 amide bonds. The van der Waals surface area contributed by atoms with Crippen molar-refractivity contribution < 1.29 is 9.84 Å². The summed E-state index contributed by atoms with van der Waals surface area (Å²) in [5.41, 5.74) is 2.92. The number of pyridine rings is 2. The van der Waals surface area contributed by atoms with Gasteiger partial charge in [0, 0.05) is 43.5 Å². The predicted molar refractivity (Wildman–Crippen MR) is 115 cm³/mol. The minimum atomic E-state index is -0.513. The molecule has 8 nitrogen and oxygen atoms in total. The minimum absolute atomic E-state index is 0.214. The number of aromatic nitrogens is 3. The molecule has 1 aliphatic heterocycles. The zero-order valence-corrected chi connectivity index (χ0v) is 17.1. The first-order valence-corrected chi connectivity index (χ1v) is 10.3. The van der Waals surface area contributed by atoms with Crippen molar-refractivity contribution in [3.63, 3.8) is 0 Å². The van der Waals surface area contributed by atoms with Gasteiger partial charge in [0.15, 0.2) is 0 Å². The molecular formula is C22H26N6O2. The van der Waals surface area contributed by atoms with Crippen LogP contribution < -0.4 is 15.0 Å². The number of anilines is 1. The molecule has 1 saturated heterocycles. The van der Waals surface area contributed by atoms with Gasteiger partial charge in [-0.15, -0.1) is 0 Å². The molecule has 8 heteroatoms. The highest BCUT2D eigenvalue weighted by molar-refractivity contribution is 5.85. The Bertz CT molecular complexity index is 1030. The Morgan fingerprint density at radius 2 is 2.13 bits per heavy atom. The quantitative estimate of drug-likeness (QED) is 0.621. The average Bonchev–Trinajstić information content (AvgIpc) is 3.21. The fraction of sp³-hybridized carbons (Fsp3) is 0.409. The van der Waals surface area contributed by atoms with Crippen LogP contribution in [0, 0.1) is 11.3 Å². The van der Waals surface area contributed by atoms with Crippen molar-refractivity contribution >= 4 is 11.3 Å². The lowest BCUT2D eigenvalue weighted by molar-refractivity contribution is 0.0991. The lowest BCUT2D eigenvalue weighted by atomic mass is 10.1. The summed E-state index contributed by atoms with van der Waals surface area (Å²) in [5.74, 6) is 1.53. The second kappa shape index (κ2) is 9.11. The van der Waals surface area contributed by atoms with Crippen molar-refractivity contribution in [1.82, 2.24) is 19.9 Å². The van der Waals surface area contributed by atoms with E-state index in [1.807, 2.05) is 31.3 Å². The highest BCUT2D eigenvalue weighted by Crippen LogP contribution is 2.31. The Balaban J connectivity index is 1.67. The van der Waals surface area contributed by atoms with Gasteiger partial charge in [0.2, 0.25) is 0 Å². The number of ether oxygens (including phenoxy) is 1. The van der Waals surface area contributed by atoms with Crippen molar-refractivity contribution in [2.45, 2.75) is 25.9 Å². The molecule has 2 N–H and O–H groups in total. The zero-order chi connectivity index (χ0) is 20.9. The highest BCUT2D eigenvalue weighted by Gasteiger charge is 2.16. The van der Waals surface area contributed by atoms with Gasteiger partial charge >= 0.3 is 0 Å². The zero-order valence-electron chi connectivity index (χ0n) is 17.1. The number of rotatable bonds is 7. The SMILES string of the molecule is CCC[C@@H](O)COc1cc(-c2ccc(N3CCNCC3)nc2)c2c(C#N)cnn2c1. The molecule has 3 aromatic heterocycles. The summed E-state index contributed by atoms with van der Waals surface area (Å²) in [6, 6.07) is 8.13. The molecule has 0 bridgehead atoms. The van der Waals surface area contributed by atoms with Crippen LogP contribution in [-0.4, -0.2) is 58.6 Å². The van der Waals surface area contributed by atoms with E-state index in [4.69, 9.17) is 4.74 Å². The van der Waals surface area contributed by atoms with E-state index < -0.39 is 6.10 Å². The number of nitriles is 1. The molecule has 0 aromatic carbocycles. The van der Waals surface area contributed by atoms with Crippen molar-refractivity contribution in [2.75, 3.05) is 37.7 Å². The summed E-state index contributed by atoms with van der Waals surface area (Å²) in [7, 11) is 0. The van der Waals surface area contributed by atoms with Crippen LogP contribution in [0.1, 0.15) is 25.3 Å². The summed E-state index contributed by atoms with van der Waals surface area (Å²) >= 11 is 0. The average molecular weight is 406 g/mol. The first kappa shape index (κ1) is 20.1. The molecule has 1 aliphatic rings. The molecule has 0 unspecified atom stereocenters. The molecule has 4 rings (SSSR count). The second-order valence-electron chi connectivity index (χ2n) is 7.45. The minimum Gasteiger partial charge on any atom is -0.489 e. The number of fused-ring (bicyclic) bond motifs is 1. The van der Waals surface area contributed by atoms with E-state index in [2.05, 4.69) is 26.4 Å². The largest absolute Gasteiger partial charge is 0.489 e. The number of nitrogens with zero attached hydrogens (tertiary/aromatic N) is 5. The van der Waals surface area contributed by atoms with Crippen LogP contribution in [0.3, 0.4) is 0 Å². The van der Waals surface area contributed by atoms with Gasteiger partial charge in [-0.3, -0.25) is 0 Å². The van der Waals surface area contributed by atoms with Crippen LogP contribution in [0.5, 0.6) is 5.75 Å². The maximum atomic E-state index is 10.00. The third-order valence-corrected chi connectivity index (χ3v) is 5.27. The maximum absolute atomic E-state index is 10.00. The summed E-state index contributed by atoms with van der Waals surface area (Å²) in [6.45, 7) is 6.01.